The second-order valence-corrected chi connectivity index (χ2v) is 8.92. The van der Waals surface area contributed by atoms with Gasteiger partial charge < -0.3 is 9.88 Å². The summed E-state index contributed by atoms with van der Waals surface area (Å²) in [6.07, 6.45) is 9.60. The zero-order chi connectivity index (χ0) is 22.7. The molecule has 3 aromatic rings. The number of hydrogen-bond acceptors (Lipinski definition) is 3. The third-order valence-electron chi connectivity index (χ3n) is 6.31. The van der Waals surface area contributed by atoms with Crippen LogP contribution in [-0.4, -0.2) is 26.8 Å². The second kappa shape index (κ2) is 9.74. The summed E-state index contributed by atoms with van der Waals surface area (Å²) in [5.41, 5.74) is 4.14. The van der Waals surface area contributed by atoms with Gasteiger partial charge in [0.1, 0.15) is 6.54 Å². The Morgan fingerprint density at radius 1 is 1.16 bits per heavy atom. The van der Waals surface area contributed by atoms with Crippen molar-refractivity contribution < 1.29 is 4.79 Å². The molecule has 0 saturated carbocycles. The smallest absolute Gasteiger partial charge is 0.276 e. The van der Waals surface area contributed by atoms with Crippen molar-refractivity contribution in [1.29, 1.82) is 0 Å². The fourth-order valence-electron chi connectivity index (χ4n) is 4.45. The van der Waals surface area contributed by atoms with Crippen LogP contribution in [0.5, 0.6) is 0 Å². The number of carbonyl (C=O) groups excluding carboxylic acids is 1. The maximum absolute atomic E-state index is 13.1. The molecule has 0 atom stereocenters. The van der Waals surface area contributed by atoms with Crippen molar-refractivity contribution in [3.63, 3.8) is 0 Å². The molecule has 0 aliphatic heterocycles. The average Bonchev–Trinajstić information content (AvgIpc) is 3.03. The molecular formula is C25H29ClN4O2. The van der Waals surface area contributed by atoms with Crippen molar-refractivity contribution in [2.75, 3.05) is 6.54 Å². The van der Waals surface area contributed by atoms with Crippen molar-refractivity contribution in [2.24, 2.45) is 0 Å². The number of allylic oxidation sites excluding steroid dienone is 1. The van der Waals surface area contributed by atoms with E-state index in [1.54, 1.807) is 6.20 Å². The summed E-state index contributed by atoms with van der Waals surface area (Å²) in [5.74, 6) is -0.190. The molecule has 1 amide bonds. The van der Waals surface area contributed by atoms with E-state index in [2.05, 4.69) is 21.1 Å². The minimum Gasteiger partial charge on any atom is -0.354 e. The molecule has 0 fully saturated rings. The average molecular weight is 453 g/mol. The van der Waals surface area contributed by atoms with E-state index < -0.39 is 0 Å². The van der Waals surface area contributed by atoms with Crippen LogP contribution < -0.4 is 10.9 Å². The van der Waals surface area contributed by atoms with Crippen LogP contribution in [0.2, 0.25) is 5.02 Å². The molecule has 4 rings (SSSR count). The molecule has 2 heterocycles. The van der Waals surface area contributed by atoms with Crippen LogP contribution in [0.25, 0.3) is 10.8 Å². The van der Waals surface area contributed by atoms with Gasteiger partial charge in [-0.2, -0.15) is 5.10 Å². The van der Waals surface area contributed by atoms with E-state index in [0.29, 0.717) is 23.5 Å². The van der Waals surface area contributed by atoms with Gasteiger partial charge in [0.25, 0.3) is 5.56 Å². The number of amides is 1. The number of hydrogen-bond donors (Lipinski definition) is 1. The molecule has 6 nitrogen and oxygen atoms in total. The van der Waals surface area contributed by atoms with Crippen LogP contribution in [0, 0.1) is 13.8 Å². The minimum atomic E-state index is -0.233. The summed E-state index contributed by atoms with van der Waals surface area (Å²) in [5, 5.41) is 9.34. The van der Waals surface area contributed by atoms with Crippen LogP contribution in [0.3, 0.4) is 0 Å². The standard InChI is InChI=1S/C25H29ClN4O2/c1-17-22-14-28-30(16-23(31)27-13-12-19-6-4-3-5-7-19)25(32)24(22)18(2)29(17)15-20-8-10-21(26)11-9-20/h6,8-11,14H,3-5,7,12-13,15-16H2,1-2H3,(H,27,31). The highest BCUT2D eigenvalue weighted by atomic mass is 35.5. The van der Waals surface area contributed by atoms with E-state index >= 15 is 0 Å². The molecule has 168 valence electrons. The summed E-state index contributed by atoms with van der Waals surface area (Å²) in [6, 6.07) is 7.69. The van der Waals surface area contributed by atoms with Crippen molar-refractivity contribution in [3.8, 4) is 0 Å². The first-order chi connectivity index (χ1) is 15.4. The summed E-state index contributed by atoms with van der Waals surface area (Å²) < 4.78 is 3.37. The number of aromatic nitrogens is 3. The lowest BCUT2D eigenvalue weighted by molar-refractivity contribution is -0.121. The van der Waals surface area contributed by atoms with Gasteiger partial charge in [-0.05, 0) is 63.6 Å². The third kappa shape index (κ3) is 4.80. The van der Waals surface area contributed by atoms with Gasteiger partial charge in [-0.1, -0.05) is 35.4 Å². The monoisotopic (exact) mass is 452 g/mol. The van der Waals surface area contributed by atoms with E-state index in [0.717, 1.165) is 41.6 Å². The fraction of sp³-hybridized carbons (Fsp3) is 0.400. The first-order valence-corrected chi connectivity index (χ1v) is 11.6. The van der Waals surface area contributed by atoms with Crippen molar-refractivity contribution >= 4 is 28.3 Å². The molecule has 1 aliphatic rings. The summed E-state index contributed by atoms with van der Waals surface area (Å²) in [4.78, 5) is 25.6. The first kappa shape index (κ1) is 22.3. The summed E-state index contributed by atoms with van der Waals surface area (Å²) in [6.45, 7) is 5.09. The molecule has 7 heteroatoms. The number of nitrogens with one attached hydrogen (secondary N) is 1. The topological polar surface area (TPSA) is 68.9 Å². The lowest BCUT2D eigenvalue weighted by Gasteiger charge is -2.13. The number of nitrogens with zero attached hydrogens (tertiary/aromatic N) is 3. The molecule has 32 heavy (non-hydrogen) atoms. The Balaban J connectivity index is 1.50. The first-order valence-electron chi connectivity index (χ1n) is 11.2. The molecule has 1 N–H and O–H groups in total. The van der Waals surface area contributed by atoms with Gasteiger partial charge in [0.05, 0.1) is 11.6 Å². The van der Waals surface area contributed by atoms with Crippen molar-refractivity contribution in [2.45, 2.75) is 59.0 Å². The Morgan fingerprint density at radius 3 is 2.66 bits per heavy atom. The van der Waals surface area contributed by atoms with Crippen LogP contribution >= 0.6 is 11.6 Å². The lowest BCUT2D eigenvalue weighted by Crippen LogP contribution is -2.34. The van der Waals surface area contributed by atoms with E-state index in [1.807, 2.05) is 38.1 Å². The Kier molecular flexibility index (Phi) is 6.80. The van der Waals surface area contributed by atoms with Gasteiger partial charge in [-0.3, -0.25) is 9.59 Å². The molecule has 0 spiro atoms. The third-order valence-corrected chi connectivity index (χ3v) is 6.56. The van der Waals surface area contributed by atoms with E-state index in [-0.39, 0.29) is 18.0 Å². The van der Waals surface area contributed by atoms with Gasteiger partial charge in [0, 0.05) is 34.9 Å². The molecule has 0 bridgehead atoms. The van der Waals surface area contributed by atoms with Crippen molar-refractivity contribution in [3.05, 3.63) is 74.4 Å². The van der Waals surface area contributed by atoms with Crippen LogP contribution in [0.4, 0.5) is 0 Å². The molecule has 1 aliphatic carbocycles. The predicted octanol–water partition coefficient (Wildman–Crippen LogP) is 4.52. The number of carbonyl (C=O) groups is 1. The highest BCUT2D eigenvalue weighted by Crippen LogP contribution is 2.23. The SMILES string of the molecule is Cc1c2cnn(CC(=O)NCCC3=CCCCC3)c(=O)c2c(C)n1Cc1ccc(Cl)cc1. The Bertz CT molecular complexity index is 1220. The van der Waals surface area contributed by atoms with Gasteiger partial charge in [0.15, 0.2) is 0 Å². The number of fused-ring (bicyclic) bond motifs is 1. The highest BCUT2D eigenvalue weighted by Gasteiger charge is 2.17. The maximum atomic E-state index is 13.1. The minimum absolute atomic E-state index is 0.0747. The number of aryl methyl sites for hydroxylation is 2. The fourth-order valence-corrected chi connectivity index (χ4v) is 4.58. The zero-order valence-corrected chi connectivity index (χ0v) is 19.4. The Hall–Kier alpha value is -2.86. The molecule has 0 unspecified atom stereocenters. The number of rotatable bonds is 7. The zero-order valence-electron chi connectivity index (χ0n) is 18.7. The second-order valence-electron chi connectivity index (χ2n) is 8.49. The predicted molar refractivity (Wildman–Crippen MR) is 128 cm³/mol. The van der Waals surface area contributed by atoms with E-state index in [9.17, 15) is 9.59 Å². The number of benzene rings is 1. The van der Waals surface area contributed by atoms with Crippen LogP contribution in [-0.2, 0) is 17.9 Å². The molecule has 0 radical (unpaired) electrons. The quantitative estimate of drug-likeness (QED) is 0.536. The summed E-state index contributed by atoms with van der Waals surface area (Å²) in [7, 11) is 0. The van der Waals surface area contributed by atoms with Gasteiger partial charge in [0.2, 0.25) is 5.91 Å². The Labute approximate surface area is 192 Å². The summed E-state index contributed by atoms with van der Waals surface area (Å²) >= 11 is 6.00. The van der Waals surface area contributed by atoms with Gasteiger partial charge in [-0.25, -0.2) is 4.68 Å². The van der Waals surface area contributed by atoms with E-state index in [4.69, 9.17) is 11.6 Å². The maximum Gasteiger partial charge on any atom is 0.276 e. The van der Waals surface area contributed by atoms with Crippen LogP contribution in [0.15, 0.2) is 46.9 Å². The van der Waals surface area contributed by atoms with Gasteiger partial charge >= 0.3 is 0 Å². The molecule has 1 aromatic carbocycles. The largest absolute Gasteiger partial charge is 0.354 e. The number of halogens is 1. The van der Waals surface area contributed by atoms with Crippen molar-refractivity contribution in [1.82, 2.24) is 19.7 Å². The van der Waals surface area contributed by atoms with Crippen LogP contribution in [0.1, 0.15) is 49.1 Å². The lowest BCUT2D eigenvalue weighted by atomic mass is 9.97. The van der Waals surface area contributed by atoms with Gasteiger partial charge in [-0.15, -0.1) is 0 Å². The molecular weight excluding hydrogens is 424 g/mol. The Morgan fingerprint density at radius 2 is 1.94 bits per heavy atom. The highest BCUT2D eigenvalue weighted by molar-refractivity contribution is 6.30. The normalized spacial score (nSPS) is 13.9. The molecule has 0 saturated heterocycles. The molecule has 2 aromatic heterocycles. The van der Waals surface area contributed by atoms with E-state index in [1.165, 1.54) is 23.1 Å².